The zero-order chi connectivity index (χ0) is 23.8. The van der Waals surface area contributed by atoms with Crippen LogP contribution in [0.25, 0.3) is 6.08 Å². The third-order valence-corrected chi connectivity index (χ3v) is 7.93. The molecule has 0 bridgehead atoms. The van der Waals surface area contributed by atoms with Gasteiger partial charge in [0.1, 0.15) is 5.82 Å². The number of rotatable bonds is 8. The minimum Gasteiger partial charge on any atom is -0.338 e. The van der Waals surface area contributed by atoms with Gasteiger partial charge in [-0.05, 0) is 47.9 Å². The van der Waals surface area contributed by atoms with Gasteiger partial charge in [-0.15, -0.1) is 0 Å². The van der Waals surface area contributed by atoms with Crippen molar-refractivity contribution >= 4 is 22.0 Å². The first-order chi connectivity index (χ1) is 15.8. The molecule has 6 nitrogen and oxygen atoms in total. The van der Waals surface area contributed by atoms with Gasteiger partial charge in [0, 0.05) is 51.9 Å². The molecule has 1 fully saturated rings. The number of amides is 1. The van der Waals surface area contributed by atoms with Crippen molar-refractivity contribution in [1.29, 1.82) is 0 Å². The van der Waals surface area contributed by atoms with E-state index in [1.54, 1.807) is 48.6 Å². The Morgan fingerprint density at radius 2 is 1.64 bits per heavy atom. The summed E-state index contributed by atoms with van der Waals surface area (Å²) in [5.41, 5.74) is 1.83. The Labute approximate surface area is 196 Å². The van der Waals surface area contributed by atoms with E-state index in [0.717, 1.165) is 37.2 Å². The minimum absolute atomic E-state index is 0.0570. The minimum atomic E-state index is -3.49. The average molecular weight is 474 g/mol. The van der Waals surface area contributed by atoms with Crippen LogP contribution in [0.4, 0.5) is 4.39 Å². The molecule has 0 N–H and O–H groups in total. The van der Waals surface area contributed by atoms with E-state index in [9.17, 15) is 17.6 Å². The molecule has 1 aliphatic heterocycles. The Kier molecular flexibility index (Phi) is 8.77. The van der Waals surface area contributed by atoms with E-state index in [2.05, 4.69) is 4.90 Å². The lowest BCUT2D eigenvalue weighted by Gasteiger charge is -2.21. The fourth-order valence-corrected chi connectivity index (χ4v) is 5.39. The van der Waals surface area contributed by atoms with Crippen molar-refractivity contribution in [2.45, 2.75) is 31.7 Å². The molecule has 33 heavy (non-hydrogen) atoms. The van der Waals surface area contributed by atoms with Crippen LogP contribution in [0.15, 0.2) is 59.5 Å². The highest BCUT2D eigenvalue weighted by atomic mass is 32.2. The van der Waals surface area contributed by atoms with E-state index in [1.807, 2.05) is 18.7 Å². The monoisotopic (exact) mass is 473 g/mol. The maximum atomic E-state index is 13.1. The summed E-state index contributed by atoms with van der Waals surface area (Å²) >= 11 is 0. The standard InChI is InChI=1S/C25H32FN3O3S/c1-3-29(4-2)33(31,32)24-13-8-21(9-14-24)10-15-25(30)28-17-5-16-27(18-19-28)20-22-6-11-23(26)12-7-22/h6-15H,3-5,16-20H2,1-2H3/b15-10+. The summed E-state index contributed by atoms with van der Waals surface area (Å²) in [5, 5.41) is 0. The highest BCUT2D eigenvalue weighted by Crippen LogP contribution is 2.17. The molecule has 1 amide bonds. The van der Waals surface area contributed by atoms with Crippen LogP contribution in [0.5, 0.6) is 0 Å². The maximum absolute atomic E-state index is 13.1. The van der Waals surface area contributed by atoms with Gasteiger partial charge in [-0.2, -0.15) is 4.31 Å². The van der Waals surface area contributed by atoms with Crippen molar-refractivity contribution in [3.63, 3.8) is 0 Å². The fraction of sp³-hybridized carbons (Fsp3) is 0.400. The summed E-state index contributed by atoms with van der Waals surface area (Å²) in [7, 11) is -3.49. The Bertz CT molecular complexity index is 1050. The molecular weight excluding hydrogens is 441 g/mol. The smallest absolute Gasteiger partial charge is 0.246 e. The quantitative estimate of drug-likeness (QED) is 0.550. The first kappa shape index (κ1) is 25.1. The topological polar surface area (TPSA) is 60.9 Å². The predicted molar refractivity (Wildman–Crippen MR) is 128 cm³/mol. The van der Waals surface area contributed by atoms with Crippen LogP contribution in [0, 0.1) is 5.82 Å². The molecule has 0 atom stereocenters. The van der Waals surface area contributed by atoms with Gasteiger partial charge in [-0.3, -0.25) is 9.69 Å². The normalized spacial score (nSPS) is 15.8. The molecule has 1 heterocycles. The van der Waals surface area contributed by atoms with Crippen molar-refractivity contribution in [1.82, 2.24) is 14.1 Å². The van der Waals surface area contributed by atoms with Crippen molar-refractivity contribution in [3.05, 3.63) is 71.6 Å². The Morgan fingerprint density at radius 3 is 2.27 bits per heavy atom. The lowest BCUT2D eigenvalue weighted by molar-refractivity contribution is -0.125. The third-order valence-electron chi connectivity index (χ3n) is 5.86. The molecule has 0 aromatic heterocycles. The number of hydrogen-bond donors (Lipinski definition) is 0. The molecule has 0 spiro atoms. The second kappa shape index (κ2) is 11.5. The molecule has 3 rings (SSSR count). The van der Waals surface area contributed by atoms with Crippen LogP contribution in [-0.4, -0.2) is 67.7 Å². The molecule has 2 aromatic carbocycles. The number of carbonyl (C=O) groups excluding carboxylic acids is 1. The fourth-order valence-electron chi connectivity index (χ4n) is 3.93. The summed E-state index contributed by atoms with van der Waals surface area (Å²) in [5.74, 6) is -0.295. The van der Waals surface area contributed by atoms with Gasteiger partial charge in [-0.25, -0.2) is 12.8 Å². The highest BCUT2D eigenvalue weighted by Gasteiger charge is 2.21. The molecule has 8 heteroatoms. The molecule has 1 aliphatic rings. The van der Waals surface area contributed by atoms with E-state index in [1.165, 1.54) is 16.4 Å². The van der Waals surface area contributed by atoms with Crippen molar-refractivity contribution < 1.29 is 17.6 Å². The molecule has 0 radical (unpaired) electrons. The number of benzene rings is 2. The summed E-state index contributed by atoms with van der Waals surface area (Å²) < 4.78 is 39.7. The van der Waals surface area contributed by atoms with E-state index < -0.39 is 10.0 Å². The number of halogens is 1. The Balaban J connectivity index is 1.56. The summed E-state index contributed by atoms with van der Waals surface area (Å²) in [6, 6.07) is 13.1. The first-order valence-corrected chi connectivity index (χ1v) is 12.8. The van der Waals surface area contributed by atoms with Crippen LogP contribution in [0.1, 0.15) is 31.4 Å². The lowest BCUT2D eigenvalue weighted by Crippen LogP contribution is -2.34. The van der Waals surface area contributed by atoms with Gasteiger partial charge in [0.15, 0.2) is 0 Å². The zero-order valence-electron chi connectivity index (χ0n) is 19.3. The van der Waals surface area contributed by atoms with Gasteiger partial charge in [0.2, 0.25) is 15.9 Å². The average Bonchev–Trinajstić information content (AvgIpc) is 3.05. The van der Waals surface area contributed by atoms with E-state index in [0.29, 0.717) is 26.2 Å². The molecule has 178 valence electrons. The Morgan fingerprint density at radius 1 is 0.970 bits per heavy atom. The second-order valence-electron chi connectivity index (χ2n) is 8.07. The van der Waals surface area contributed by atoms with Gasteiger partial charge in [0.05, 0.1) is 4.90 Å². The highest BCUT2D eigenvalue weighted by molar-refractivity contribution is 7.89. The van der Waals surface area contributed by atoms with Gasteiger partial charge in [-0.1, -0.05) is 38.1 Å². The molecule has 1 saturated heterocycles. The van der Waals surface area contributed by atoms with Crippen LogP contribution >= 0.6 is 0 Å². The maximum Gasteiger partial charge on any atom is 0.246 e. The van der Waals surface area contributed by atoms with Crippen molar-refractivity contribution in [2.24, 2.45) is 0 Å². The third kappa shape index (κ3) is 6.72. The van der Waals surface area contributed by atoms with Crippen molar-refractivity contribution in [3.8, 4) is 0 Å². The first-order valence-electron chi connectivity index (χ1n) is 11.4. The van der Waals surface area contributed by atoms with Crippen LogP contribution < -0.4 is 0 Å². The van der Waals surface area contributed by atoms with Gasteiger partial charge < -0.3 is 4.90 Å². The van der Waals surface area contributed by atoms with Crippen LogP contribution in [0.2, 0.25) is 0 Å². The number of hydrogen-bond acceptors (Lipinski definition) is 4. The number of carbonyl (C=O) groups is 1. The molecular formula is C25H32FN3O3S. The second-order valence-corrected chi connectivity index (χ2v) is 10.0. The Hall–Kier alpha value is -2.55. The SMILES string of the molecule is CCN(CC)S(=O)(=O)c1ccc(/C=C/C(=O)N2CCCN(Cc3ccc(F)cc3)CC2)cc1. The predicted octanol–water partition coefficient (Wildman–Crippen LogP) is 3.60. The molecule has 0 aliphatic carbocycles. The van der Waals surface area contributed by atoms with Crippen LogP contribution in [0.3, 0.4) is 0 Å². The lowest BCUT2D eigenvalue weighted by atomic mass is 10.2. The number of sulfonamides is 1. The largest absolute Gasteiger partial charge is 0.338 e. The van der Waals surface area contributed by atoms with E-state index >= 15 is 0 Å². The summed E-state index contributed by atoms with van der Waals surface area (Å²) in [6.07, 6.45) is 4.14. The van der Waals surface area contributed by atoms with Gasteiger partial charge >= 0.3 is 0 Å². The zero-order valence-corrected chi connectivity index (χ0v) is 20.1. The van der Waals surface area contributed by atoms with E-state index in [-0.39, 0.29) is 16.6 Å². The summed E-state index contributed by atoms with van der Waals surface area (Å²) in [6.45, 7) is 8.17. The van der Waals surface area contributed by atoms with Crippen LogP contribution in [-0.2, 0) is 21.4 Å². The van der Waals surface area contributed by atoms with Gasteiger partial charge in [0.25, 0.3) is 0 Å². The van der Waals surface area contributed by atoms with E-state index in [4.69, 9.17) is 0 Å². The number of nitrogens with zero attached hydrogens (tertiary/aromatic N) is 3. The molecule has 0 saturated carbocycles. The summed E-state index contributed by atoms with van der Waals surface area (Å²) in [4.78, 5) is 17.1. The molecule has 0 unspecified atom stereocenters. The van der Waals surface area contributed by atoms with Crippen molar-refractivity contribution in [2.75, 3.05) is 39.3 Å². The molecule has 2 aromatic rings.